The first kappa shape index (κ1) is 17.9. The molecule has 3 aromatic heterocycles. The van der Waals surface area contributed by atoms with E-state index < -0.39 is 0 Å². The van der Waals surface area contributed by atoms with Crippen LogP contribution in [0.2, 0.25) is 0 Å². The summed E-state index contributed by atoms with van der Waals surface area (Å²) in [5, 5.41) is 0. The van der Waals surface area contributed by atoms with Crippen molar-refractivity contribution in [3.63, 3.8) is 0 Å². The highest BCUT2D eigenvalue weighted by Crippen LogP contribution is 2.36. The number of aromatic amines is 1. The molecule has 0 radical (unpaired) electrons. The molecule has 0 aromatic carbocycles. The molecule has 1 saturated heterocycles. The van der Waals surface area contributed by atoms with E-state index >= 15 is 0 Å². The third-order valence-electron chi connectivity index (χ3n) is 5.63. The molecule has 5 rings (SSSR count). The summed E-state index contributed by atoms with van der Waals surface area (Å²) in [4.78, 5) is 21.5. The van der Waals surface area contributed by atoms with Gasteiger partial charge in [-0.2, -0.15) is 0 Å². The first-order valence-corrected chi connectivity index (χ1v) is 9.94. The van der Waals surface area contributed by atoms with E-state index in [1.807, 2.05) is 18.5 Å². The molecule has 0 spiro atoms. The maximum absolute atomic E-state index is 5.74. The van der Waals surface area contributed by atoms with E-state index in [2.05, 4.69) is 38.3 Å². The molecule has 1 N–H and O–H groups in total. The van der Waals surface area contributed by atoms with Gasteiger partial charge in [-0.3, -0.25) is 0 Å². The Bertz CT molecular complexity index is 1010. The zero-order chi connectivity index (χ0) is 19.8. The van der Waals surface area contributed by atoms with E-state index in [1.165, 1.54) is 6.39 Å². The molecule has 150 valence electrons. The van der Waals surface area contributed by atoms with Crippen molar-refractivity contribution in [1.29, 1.82) is 0 Å². The number of morpholine rings is 1. The number of hydrogen-bond donors (Lipinski definition) is 1. The zero-order valence-corrected chi connectivity index (χ0v) is 16.5. The number of H-pyrrole nitrogens is 1. The Labute approximate surface area is 169 Å². The van der Waals surface area contributed by atoms with Crippen LogP contribution in [-0.4, -0.2) is 52.3 Å². The summed E-state index contributed by atoms with van der Waals surface area (Å²) in [7, 11) is 0. The Morgan fingerprint density at radius 2 is 2.31 bits per heavy atom. The maximum atomic E-state index is 5.74. The summed E-state index contributed by atoms with van der Waals surface area (Å²) in [6, 6.07) is 2.28. The largest absolute Gasteiger partial charge is 0.447 e. The number of aromatic nitrogens is 4. The molecule has 2 aliphatic heterocycles. The summed E-state index contributed by atoms with van der Waals surface area (Å²) < 4.78 is 11.2. The van der Waals surface area contributed by atoms with Gasteiger partial charge in [-0.15, -0.1) is 0 Å². The summed E-state index contributed by atoms with van der Waals surface area (Å²) in [6.45, 7) is 10.1. The van der Waals surface area contributed by atoms with Crippen molar-refractivity contribution in [2.45, 2.75) is 25.9 Å². The fourth-order valence-electron chi connectivity index (χ4n) is 4.14. The highest BCUT2D eigenvalue weighted by molar-refractivity contribution is 5.78. The number of fused-ring (bicyclic) bond motifs is 3. The van der Waals surface area contributed by atoms with Crippen LogP contribution in [-0.2, 0) is 17.7 Å². The van der Waals surface area contributed by atoms with Crippen LogP contribution >= 0.6 is 0 Å². The van der Waals surface area contributed by atoms with Gasteiger partial charge in [0.25, 0.3) is 0 Å². The van der Waals surface area contributed by atoms with Crippen LogP contribution in [0.5, 0.6) is 0 Å². The molecule has 1 fully saturated rings. The number of nitrogens with one attached hydrogen (secondary N) is 1. The minimum Gasteiger partial charge on any atom is -0.447 e. The molecular formula is C21H24N6O2. The van der Waals surface area contributed by atoms with Gasteiger partial charge in [0.15, 0.2) is 18.0 Å². The number of anilines is 2. The van der Waals surface area contributed by atoms with Crippen molar-refractivity contribution in [3.05, 3.63) is 60.5 Å². The Hall–Kier alpha value is -3.13. The lowest BCUT2D eigenvalue weighted by Gasteiger charge is -2.45. The molecule has 3 aromatic rings. The number of ether oxygens (including phenoxy) is 1. The first-order valence-electron chi connectivity index (χ1n) is 9.94. The standard InChI is InChI=1S/C21H24N6O2/c1-3-18-17(4-5-23-18)14(2)20-24-9-19-21(25-20)27-6-7-28-12-15(27)10-26(19)11-16-8-22-13-29-16/h4-5,8-9,13,15,23H,2-3,6-7,10-12H2,1H3. The molecule has 1 atom stereocenters. The van der Waals surface area contributed by atoms with E-state index in [-0.39, 0.29) is 6.04 Å². The van der Waals surface area contributed by atoms with Crippen molar-refractivity contribution in [2.24, 2.45) is 0 Å². The Morgan fingerprint density at radius 1 is 1.38 bits per heavy atom. The van der Waals surface area contributed by atoms with Crippen molar-refractivity contribution in [2.75, 3.05) is 36.1 Å². The quantitative estimate of drug-likeness (QED) is 0.715. The Kier molecular flexibility index (Phi) is 4.55. The molecule has 8 nitrogen and oxygen atoms in total. The molecule has 8 heteroatoms. The van der Waals surface area contributed by atoms with Gasteiger partial charge in [-0.05, 0) is 12.5 Å². The minimum atomic E-state index is 0.244. The average Bonchev–Trinajstić information content (AvgIpc) is 3.44. The second-order valence-corrected chi connectivity index (χ2v) is 7.37. The Balaban J connectivity index is 1.53. The highest BCUT2D eigenvalue weighted by atomic mass is 16.5. The van der Waals surface area contributed by atoms with Gasteiger partial charge in [-0.1, -0.05) is 13.5 Å². The van der Waals surface area contributed by atoms with Gasteiger partial charge in [0.2, 0.25) is 0 Å². The zero-order valence-electron chi connectivity index (χ0n) is 16.5. The lowest BCUT2D eigenvalue weighted by atomic mass is 10.1. The van der Waals surface area contributed by atoms with Gasteiger partial charge >= 0.3 is 0 Å². The number of aryl methyl sites for hydroxylation is 1. The van der Waals surface area contributed by atoms with Gasteiger partial charge in [0.1, 0.15) is 5.76 Å². The van der Waals surface area contributed by atoms with Crippen LogP contribution in [0.3, 0.4) is 0 Å². The fraction of sp³-hybridized carbons (Fsp3) is 0.381. The third kappa shape index (κ3) is 3.19. The molecular weight excluding hydrogens is 368 g/mol. The van der Waals surface area contributed by atoms with Gasteiger partial charge < -0.3 is 23.9 Å². The van der Waals surface area contributed by atoms with Crippen molar-refractivity contribution in [1.82, 2.24) is 19.9 Å². The first-order chi connectivity index (χ1) is 14.2. The summed E-state index contributed by atoms with van der Waals surface area (Å²) >= 11 is 0. The van der Waals surface area contributed by atoms with Crippen LogP contribution in [0.15, 0.2) is 42.0 Å². The van der Waals surface area contributed by atoms with E-state index in [9.17, 15) is 0 Å². The fourth-order valence-corrected chi connectivity index (χ4v) is 4.14. The van der Waals surface area contributed by atoms with Crippen LogP contribution in [0.25, 0.3) is 5.57 Å². The van der Waals surface area contributed by atoms with Crippen molar-refractivity contribution < 1.29 is 9.15 Å². The lowest BCUT2D eigenvalue weighted by Crippen LogP contribution is -2.55. The topological polar surface area (TPSA) is 83.3 Å². The van der Waals surface area contributed by atoms with E-state index in [1.54, 1.807) is 6.20 Å². The molecule has 1 unspecified atom stereocenters. The van der Waals surface area contributed by atoms with Crippen LogP contribution in [0.4, 0.5) is 11.5 Å². The smallest absolute Gasteiger partial charge is 0.180 e. The summed E-state index contributed by atoms with van der Waals surface area (Å²) in [6.07, 6.45) is 7.96. The van der Waals surface area contributed by atoms with Crippen LogP contribution < -0.4 is 9.80 Å². The predicted molar refractivity (Wildman–Crippen MR) is 110 cm³/mol. The second kappa shape index (κ2) is 7.36. The van der Waals surface area contributed by atoms with Crippen molar-refractivity contribution in [3.8, 4) is 0 Å². The highest BCUT2D eigenvalue weighted by Gasteiger charge is 2.35. The van der Waals surface area contributed by atoms with Gasteiger partial charge in [0, 0.05) is 36.1 Å². The third-order valence-corrected chi connectivity index (χ3v) is 5.63. The van der Waals surface area contributed by atoms with Gasteiger partial charge in [-0.25, -0.2) is 15.0 Å². The molecule has 0 amide bonds. The van der Waals surface area contributed by atoms with E-state index in [0.717, 1.165) is 53.6 Å². The van der Waals surface area contributed by atoms with Crippen molar-refractivity contribution >= 4 is 17.1 Å². The molecule has 29 heavy (non-hydrogen) atoms. The predicted octanol–water partition coefficient (Wildman–Crippen LogP) is 2.64. The lowest BCUT2D eigenvalue weighted by molar-refractivity contribution is 0.0934. The average molecular weight is 392 g/mol. The minimum absolute atomic E-state index is 0.244. The molecule has 5 heterocycles. The molecule has 0 bridgehead atoms. The Morgan fingerprint density at radius 3 is 3.14 bits per heavy atom. The molecule has 0 saturated carbocycles. The summed E-state index contributed by atoms with van der Waals surface area (Å²) in [5.41, 5.74) is 4.05. The number of nitrogens with zero attached hydrogens (tertiary/aromatic N) is 5. The number of oxazole rings is 1. The number of hydrogen-bond acceptors (Lipinski definition) is 7. The van der Waals surface area contributed by atoms with Crippen LogP contribution in [0, 0.1) is 0 Å². The molecule has 0 aliphatic carbocycles. The monoisotopic (exact) mass is 392 g/mol. The van der Waals surface area contributed by atoms with Crippen LogP contribution in [0.1, 0.15) is 29.8 Å². The SMILES string of the molecule is C=C(c1ncc2c(n1)N1CCOCC1CN2Cc1cnco1)c1cc[nH]c1CC. The second-order valence-electron chi connectivity index (χ2n) is 7.37. The van der Waals surface area contributed by atoms with E-state index in [0.29, 0.717) is 25.6 Å². The maximum Gasteiger partial charge on any atom is 0.180 e. The van der Waals surface area contributed by atoms with Gasteiger partial charge in [0.05, 0.1) is 43.9 Å². The van der Waals surface area contributed by atoms with E-state index in [4.69, 9.17) is 14.1 Å². The molecule has 2 aliphatic rings. The normalized spacial score (nSPS) is 18.4. The number of rotatable bonds is 5. The summed E-state index contributed by atoms with van der Waals surface area (Å²) in [5.74, 6) is 2.41.